The normalized spacial score (nSPS) is 17.1. The van der Waals surface area contributed by atoms with Gasteiger partial charge in [-0.05, 0) is 63.6 Å². The molecule has 0 unspecified atom stereocenters. The average molecular weight is 268 g/mol. The van der Waals surface area contributed by atoms with Crippen LogP contribution in [-0.4, -0.2) is 11.6 Å². The van der Waals surface area contributed by atoms with E-state index in [0.717, 1.165) is 30.6 Å². The first-order valence-electron chi connectivity index (χ1n) is 6.68. The molecule has 0 aromatic heterocycles. The van der Waals surface area contributed by atoms with Gasteiger partial charge in [0.2, 0.25) is 0 Å². The van der Waals surface area contributed by atoms with Gasteiger partial charge in [-0.15, -0.1) is 0 Å². The molecule has 2 N–H and O–H groups in total. The fourth-order valence-electron chi connectivity index (χ4n) is 2.46. The summed E-state index contributed by atoms with van der Waals surface area (Å²) in [5, 5.41) is 0.698. The van der Waals surface area contributed by atoms with Crippen LogP contribution in [0.5, 0.6) is 5.75 Å². The van der Waals surface area contributed by atoms with Crippen molar-refractivity contribution >= 4 is 11.6 Å². The van der Waals surface area contributed by atoms with Crippen molar-refractivity contribution in [3.63, 3.8) is 0 Å². The molecular formula is C15H22ClNO. The Morgan fingerprint density at radius 1 is 1.33 bits per heavy atom. The molecular weight excluding hydrogens is 246 g/mol. The summed E-state index contributed by atoms with van der Waals surface area (Å²) in [6.45, 7) is 4.04. The Morgan fingerprint density at radius 3 is 2.56 bits per heavy atom. The van der Waals surface area contributed by atoms with Gasteiger partial charge in [0.05, 0.1) is 11.1 Å². The summed E-state index contributed by atoms with van der Waals surface area (Å²) in [4.78, 5) is 0. The van der Waals surface area contributed by atoms with Crippen molar-refractivity contribution in [1.29, 1.82) is 0 Å². The monoisotopic (exact) mass is 267 g/mol. The van der Waals surface area contributed by atoms with Crippen molar-refractivity contribution in [2.75, 3.05) is 0 Å². The average Bonchev–Trinajstić information content (AvgIpc) is 2.72. The Bertz CT molecular complexity index is 405. The van der Waals surface area contributed by atoms with Crippen molar-refractivity contribution in [2.45, 2.75) is 57.6 Å². The van der Waals surface area contributed by atoms with E-state index in [0.29, 0.717) is 11.1 Å². The molecule has 1 aliphatic rings. The van der Waals surface area contributed by atoms with Crippen molar-refractivity contribution in [3.05, 3.63) is 28.8 Å². The van der Waals surface area contributed by atoms with Gasteiger partial charge in [-0.1, -0.05) is 17.7 Å². The highest BCUT2D eigenvalue weighted by Crippen LogP contribution is 2.31. The molecule has 2 rings (SSSR count). The maximum atomic E-state index is 6.27. The molecule has 0 radical (unpaired) electrons. The van der Waals surface area contributed by atoms with Crippen molar-refractivity contribution < 1.29 is 4.74 Å². The van der Waals surface area contributed by atoms with Gasteiger partial charge in [-0.25, -0.2) is 0 Å². The van der Waals surface area contributed by atoms with Crippen LogP contribution in [0.15, 0.2) is 18.2 Å². The van der Waals surface area contributed by atoms with Crippen molar-refractivity contribution in [1.82, 2.24) is 0 Å². The maximum Gasteiger partial charge on any atom is 0.138 e. The first-order valence-corrected chi connectivity index (χ1v) is 7.06. The molecule has 0 atom stereocenters. The largest absolute Gasteiger partial charge is 0.489 e. The molecule has 1 fully saturated rings. The van der Waals surface area contributed by atoms with Crippen LogP contribution in [0.3, 0.4) is 0 Å². The number of benzene rings is 1. The van der Waals surface area contributed by atoms with E-state index in [4.69, 9.17) is 22.1 Å². The topological polar surface area (TPSA) is 35.2 Å². The molecule has 2 nitrogen and oxygen atoms in total. The number of hydrogen-bond acceptors (Lipinski definition) is 2. The Balaban J connectivity index is 2.04. The molecule has 1 saturated carbocycles. The van der Waals surface area contributed by atoms with Crippen LogP contribution in [0, 0.1) is 0 Å². The molecule has 0 spiro atoms. The minimum atomic E-state index is -0.211. The second-order valence-electron chi connectivity index (χ2n) is 5.95. The third-order valence-corrected chi connectivity index (χ3v) is 3.55. The van der Waals surface area contributed by atoms with E-state index in [2.05, 4.69) is 6.07 Å². The van der Waals surface area contributed by atoms with Gasteiger partial charge in [0.15, 0.2) is 0 Å². The summed E-state index contributed by atoms with van der Waals surface area (Å²) in [5.74, 6) is 0.808. The number of ether oxygens (including phenoxy) is 1. The quantitative estimate of drug-likeness (QED) is 0.897. The van der Waals surface area contributed by atoms with Gasteiger partial charge in [-0.3, -0.25) is 0 Å². The molecule has 0 heterocycles. The predicted molar refractivity (Wildman–Crippen MR) is 76.3 cm³/mol. The maximum absolute atomic E-state index is 6.27. The molecule has 0 saturated heterocycles. The number of nitrogens with two attached hydrogens (primary N) is 1. The zero-order valence-electron chi connectivity index (χ0n) is 11.2. The highest BCUT2D eigenvalue weighted by molar-refractivity contribution is 6.32. The molecule has 100 valence electrons. The minimum Gasteiger partial charge on any atom is -0.489 e. The van der Waals surface area contributed by atoms with Gasteiger partial charge in [-0.2, -0.15) is 0 Å². The van der Waals surface area contributed by atoms with Crippen LogP contribution < -0.4 is 10.5 Å². The lowest BCUT2D eigenvalue weighted by molar-refractivity contribution is 0.210. The van der Waals surface area contributed by atoms with Crippen molar-refractivity contribution in [3.8, 4) is 5.75 Å². The highest BCUT2D eigenvalue weighted by Gasteiger charge is 2.18. The van der Waals surface area contributed by atoms with Crippen LogP contribution in [0.25, 0.3) is 0 Å². The van der Waals surface area contributed by atoms with Gasteiger partial charge in [0.25, 0.3) is 0 Å². The molecule has 1 aromatic carbocycles. The van der Waals surface area contributed by atoms with Crippen LogP contribution in [0.2, 0.25) is 5.02 Å². The van der Waals surface area contributed by atoms with E-state index in [9.17, 15) is 0 Å². The van der Waals surface area contributed by atoms with Crippen LogP contribution in [-0.2, 0) is 6.42 Å². The Labute approximate surface area is 114 Å². The lowest BCUT2D eigenvalue weighted by Crippen LogP contribution is -2.34. The summed E-state index contributed by atoms with van der Waals surface area (Å²) in [6.07, 6.45) is 5.99. The summed E-state index contributed by atoms with van der Waals surface area (Å²) in [7, 11) is 0. The first-order chi connectivity index (χ1) is 8.44. The van der Waals surface area contributed by atoms with Crippen LogP contribution in [0.1, 0.15) is 45.1 Å². The molecule has 1 aromatic rings. The molecule has 3 heteroatoms. The van der Waals surface area contributed by atoms with Crippen LogP contribution in [0.4, 0.5) is 0 Å². The highest BCUT2D eigenvalue weighted by atomic mass is 35.5. The third-order valence-electron chi connectivity index (χ3n) is 3.25. The zero-order valence-corrected chi connectivity index (χ0v) is 12.0. The van der Waals surface area contributed by atoms with Gasteiger partial charge >= 0.3 is 0 Å². The SMILES string of the molecule is CC(C)(N)Cc1ccc(OC2CCCC2)c(Cl)c1. The summed E-state index contributed by atoms with van der Waals surface area (Å²) >= 11 is 6.27. The molecule has 1 aliphatic carbocycles. The lowest BCUT2D eigenvalue weighted by atomic mass is 9.96. The lowest BCUT2D eigenvalue weighted by Gasteiger charge is -2.19. The molecule has 0 bridgehead atoms. The van der Waals surface area contributed by atoms with Crippen molar-refractivity contribution in [2.24, 2.45) is 5.73 Å². The van der Waals surface area contributed by atoms with E-state index in [-0.39, 0.29) is 5.54 Å². The third kappa shape index (κ3) is 3.89. The van der Waals surface area contributed by atoms with E-state index < -0.39 is 0 Å². The van der Waals surface area contributed by atoms with E-state index in [1.54, 1.807) is 0 Å². The first kappa shape index (κ1) is 13.7. The van der Waals surface area contributed by atoms with E-state index in [1.165, 1.54) is 12.8 Å². The molecule has 18 heavy (non-hydrogen) atoms. The fraction of sp³-hybridized carbons (Fsp3) is 0.600. The fourth-order valence-corrected chi connectivity index (χ4v) is 2.71. The summed E-state index contributed by atoms with van der Waals surface area (Å²) in [6, 6.07) is 6.01. The molecule has 0 aliphatic heterocycles. The van der Waals surface area contributed by atoms with E-state index >= 15 is 0 Å². The second-order valence-corrected chi connectivity index (χ2v) is 6.36. The minimum absolute atomic E-state index is 0.211. The zero-order chi connectivity index (χ0) is 13.2. The van der Waals surface area contributed by atoms with Crippen LogP contribution >= 0.6 is 11.6 Å². The Kier molecular flexibility index (Phi) is 4.18. The predicted octanol–water partition coefficient (Wildman–Crippen LogP) is 3.94. The van der Waals surface area contributed by atoms with Gasteiger partial charge < -0.3 is 10.5 Å². The van der Waals surface area contributed by atoms with Gasteiger partial charge in [0.1, 0.15) is 5.75 Å². The van der Waals surface area contributed by atoms with E-state index in [1.807, 2.05) is 26.0 Å². The summed E-state index contributed by atoms with van der Waals surface area (Å²) in [5.41, 5.74) is 6.96. The number of hydrogen-bond donors (Lipinski definition) is 1. The van der Waals surface area contributed by atoms with Gasteiger partial charge in [0, 0.05) is 5.54 Å². The smallest absolute Gasteiger partial charge is 0.138 e. The number of halogens is 1. The number of rotatable bonds is 4. The molecule has 0 amide bonds. The Hall–Kier alpha value is -0.730. The Morgan fingerprint density at radius 2 is 2.00 bits per heavy atom. The summed E-state index contributed by atoms with van der Waals surface area (Å²) < 4.78 is 5.93. The standard InChI is InChI=1S/C15H22ClNO/c1-15(2,17)10-11-7-8-14(13(16)9-11)18-12-5-3-4-6-12/h7-9,12H,3-6,10,17H2,1-2H3. The second kappa shape index (κ2) is 5.50.